The molecule has 0 amide bonds. The minimum Gasteiger partial charge on any atom is -0.460 e. The van der Waals surface area contributed by atoms with Crippen LogP contribution in [0.4, 0.5) is 5.69 Å². The number of benzene rings is 2. The summed E-state index contributed by atoms with van der Waals surface area (Å²) in [7, 11) is -1.72. The highest BCUT2D eigenvalue weighted by Gasteiger charge is 2.28. The highest BCUT2D eigenvalue weighted by atomic mass is 32.2. The third-order valence-corrected chi connectivity index (χ3v) is 5.91. The first-order valence-corrected chi connectivity index (χ1v) is 11.3. The van der Waals surface area contributed by atoms with Gasteiger partial charge in [-0.25, -0.2) is 8.42 Å². The fourth-order valence-corrected chi connectivity index (χ4v) is 4.39. The predicted molar refractivity (Wildman–Crippen MR) is 115 cm³/mol. The van der Waals surface area contributed by atoms with Crippen LogP contribution in [0.1, 0.15) is 24.5 Å². The van der Waals surface area contributed by atoms with Crippen molar-refractivity contribution in [2.45, 2.75) is 18.8 Å². The van der Waals surface area contributed by atoms with Gasteiger partial charge in [0.2, 0.25) is 10.0 Å². The number of pyridine rings is 1. The summed E-state index contributed by atoms with van der Waals surface area (Å²) in [6.45, 7) is 0. The van der Waals surface area contributed by atoms with Gasteiger partial charge in [-0.3, -0.25) is 9.52 Å². The normalized spacial score (nSPS) is 14.6. The van der Waals surface area contributed by atoms with Gasteiger partial charge in [0.15, 0.2) is 0 Å². The Bertz CT molecular complexity index is 1440. The van der Waals surface area contributed by atoms with E-state index in [1.165, 1.54) is 0 Å². The summed E-state index contributed by atoms with van der Waals surface area (Å²) in [5.41, 5.74) is 2.67. The summed E-state index contributed by atoms with van der Waals surface area (Å²) in [5.74, 6) is 1.35. The molecular formula is C22H20N2O4S. The van der Waals surface area contributed by atoms with Crippen LogP contribution >= 0.6 is 0 Å². The zero-order chi connectivity index (χ0) is 20.3. The smallest absolute Gasteiger partial charge is 0.258 e. The van der Waals surface area contributed by atoms with Gasteiger partial charge in [0.05, 0.1) is 6.26 Å². The highest BCUT2D eigenvalue weighted by molar-refractivity contribution is 7.92. The molecule has 2 heterocycles. The molecule has 0 saturated heterocycles. The van der Waals surface area contributed by atoms with E-state index in [0.29, 0.717) is 22.6 Å². The van der Waals surface area contributed by atoms with Crippen LogP contribution < -0.4 is 10.3 Å². The van der Waals surface area contributed by atoms with Crippen molar-refractivity contribution < 1.29 is 12.8 Å². The quantitative estimate of drug-likeness (QED) is 0.549. The van der Waals surface area contributed by atoms with Crippen molar-refractivity contribution >= 4 is 37.5 Å². The zero-order valence-electron chi connectivity index (χ0n) is 16.1. The predicted octanol–water partition coefficient (Wildman–Crippen LogP) is 4.20. The van der Waals surface area contributed by atoms with E-state index in [1.54, 1.807) is 36.0 Å². The maximum atomic E-state index is 12.6. The Hall–Kier alpha value is -3.06. The van der Waals surface area contributed by atoms with Gasteiger partial charge >= 0.3 is 0 Å². The van der Waals surface area contributed by atoms with E-state index in [4.69, 9.17) is 4.42 Å². The van der Waals surface area contributed by atoms with Crippen molar-refractivity contribution in [3.63, 3.8) is 0 Å². The molecule has 0 atom stereocenters. The summed E-state index contributed by atoms with van der Waals surface area (Å²) in [6.07, 6.45) is 5.12. The second-order valence-corrected chi connectivity index (χ2v) is 9.49. The van der Waals surface area contributed by atoms with Gasteiger partial charge in [-0.15, -0.1) is 0 Å². The van der Waals surface area contributed by atoms with Crippen LogP contribution in [0.3, 0.4) is 0 Å². The molecule has 2 aromatic heterocycles. The molecule has 1 N–H and O–H groups in total. The van der Waals surface area contributed by atoms with Gasteiger partial charge in [-0.1, -0.05) is 18.2 Å². The van der Waals surface area contributed by atoms with Crippen LogP contribution in [0, 0.1) is 0 Å². The van der Waals surface area contributed by atoms with Crippen LogP contribution in [-0.4, -0.2) is 19.2 Å². The van der Waals surface area contributed by atoms with Gasteiger partial charge in [0.25, 0.3) is 5.56 Å². The Morgan fingerprint density at radius 1 is 1.07 bits per heavy atom. The minimum atomic E-state index is -3.44. The van der Waals surface area contributed by atoms with E-state index in [2.05, 4.69) is 4.72 Å². The Morgan fingerprint density at radius 3 is 2.48 bits per heavy atom. The molecule has 5 rings (SSSR count). The molecule has 1 saturated carbocycles. The summed E-state index contributed by atoms with van der Waals surface area (Å²) in [4.78, 5) is 12.6. The van der Waals surface area contributed by atoms with Crippen LogP contribution in [0.5, 0.6) is 0 Å². The lowest BCUT2D eigenvalue weighted by Gasteiger charge is -2.12. The zero-order valence-corrected chi connectivity index (χ0v) is 16.9. The van der Waals surface area contributed by atoms with Crippen LogP contribution in [0.15, 0.2) is 57.9 Å². The highest BCUT2D eigenvalue weighted by Crippen LogP contribution is 2.45. The topological polar surface area (TPSA) is 81.3 Å². The van der Waals surface area contributed by atoms with E-state index in [1.807, 2.05) is 24.3 Å². The van der Waals surface area contributed by atoms with Crippen LogP contribution in [0.2, 0.25) is 0 Å². The number of fused-ring (bicyclic) bond motifs is 2. The molecule has 1 aliphatic rings. The standard InChI is InChI=1S/C22H20N2O4S/c1-24-12-19(16-5-3-4-6-17(16)22(24)25)18-11-15(23-29(2,26)27)9-14-10-20(13-7-8-13)28-21(14)18/h3-6,9-13,23H,7-8H2,1-2H3. The first-order chi connectivity index (χ1) is 13.8. The van der Waals surface area contributed by atoms with Gasteiger partial charge < -0.3 is 8.98 Å². The Balaban J connectivity index is 1.85. The van der Waals surface area contributed by atoms with Gasteiger partial charge in [-0.2, -0.15) is 0 Å². The second-order valence-electron chi connectivity index (χ2n) is 7.74. The minimum absolute atomic E-state index is 0.0795. The van der Waals surface area contributed by atoms with Crippen molar-refractivity contribution in [3.05, 3.63) is 64.8 Å². The van der Waals surface area contributed by atoms with Crippen molar-refractivity contribution in [2.75, 3.05) is 11.0 Å². The van der Waals surface area contributed by atoms with Gasteiger partial charge in [0, 0.05) is 46.7 Å². The SMILES string of the molecule is Cn1cc(-c2cc(NS(C)(=O)=O)cc3cc(C4CC4)oc23)c2ccccc2c1=O. The van der Waals surface area contributed by atoms with Crippen molar-refractivity contribution in [3.8, 4) is 11.1 Å². The monoisotopic (exact) mass is 408 g/mol. The molecule has 0 radical (unpaired) electrons. The number of anilines is 1. The molecule has 1 aliphatic carbocycles. The van der Waals surface area contributed by atoms with Crippen molar-refractivity contribution in [1.82, 2.24) is 4.57 Å². The van der Waals surface area contributed by atoms with E-state index in [-0.39, 0.29) is 5.56 Å². The fraction of sp³-hybridized carbons (Fsp3) is 0.227. The van der Waals surface area contributed by atoms with E-state index >= 15 is 0 Å². The van der Waals surface area contributed by atoms with Gasteiger partial charge in [0.1, 0.15) is 11.3 Å². The molecule has 0 aliphatic heterocycles. The molecule has 6 nitrogen and oxygen atoms in total. The molecule has 29 heavy (non-hydrogen) atoms. The maximum absolute atomic E-state index is 12.6. The van der Waals surface area contributed by atoms with Crippen molar-refractivity contribution in [1.29, 1.82) is 0 Å². The summed E-state index contributed by atoms with van der Waals surface area (Å²) in [5, 5.41) is 2.25. The first-order valence-electron chi connectivity index (χ1n) is 9.44. The first kappa shape index (κ1) is 18.0. The second kappa shape index (κ2) is 6.22. The number of furan rings is 1. The average molecular weight is 408 g/mol. The number of hydrogen-bond donors (Lipinski definition) is 1. The third-order valence-electron chi connectivity index (χ3n) is 5.30. The van der Waals surface area contributed by atoms with Crippen molar-refractivity contribution in [2.24, 2.45) is 7.05 Å². The lowest BCUT2D eigenvalue weighted by Crippen LogP contribution is -2.16. The lowest BCUT2D eigenvalue weighted by molar-refractivity contribution is 0.553. The number of sulfonamides is 1. The molecule has 7 heteroatoms. The number of hydrogen-bond acceptors (Lipinski definition) is 4. The van der Waals surface area contributed by atoms with E-state index in [9.17, 15) is 13.2 Å². The maximum Gasteiger partial charge on any atom is 0.258 e. The molecule has 0 bridgehead atoms. The number of aromatic nitrogens is 1. The third kappa shape index (κ3) is 3.21. The summed E-state index contributed by atoms with van der Waals surface area (Å²) >= 11 is 0. The largest absolute Gasteiger partial charge is 0.460 e. The molecule has 0 spiro atoms. The fourth-order valence-electron chi connectivity index (χ4n) is 3.85. The van der Waals surface area contributed by atoms with E-state index in [0.717, 1.165) is 46.8 Å². The summed E-state index contributed by atoms with van der Waals surface area (Å²) in [6, 6.07) is 13.0. The number of rotatable bonds is 4. The molecule has 0 unspecified atom stereocenters. The average Bonchev–Trinajstić information content (AvgIpc) is 3.42. The summed E-state index contributed by atoms with van der Waals surface area (Å²) < 4.78 is 34.0. The number of nitrogens with zero attached hydrogens (tertiary/aromatic N) is 1. The number of nitrogens with one attached hydrogen (secondary N) is 1. The molecule has 4 aromatic rings. The Morgan fingerprint density at radius 2 is 1.79 bits per heavy atom. The van der Waals surface area contributed by atoms with Crippen LogP contribution in [0.25, 0.3) is 32.9 Å². The lowest BCUT2D eigenvalue weighted by atomic mass is 9.98. The Kier molecular flexibility index (Phi) is 3.86. The Labute approximate surface area is 167 Å². The van der Waals surface area contributed by atoms with Gasteiger partial charge in [-0.05, 0) is 42.5 Å². The molecule has 148 valence electrons. The molecule has 2 aromatic carbocycles. The molecular weight excluding hydrogens is 388 g/mol. The van der Waals surface area contributed by atoms with E-state index < -0.39 is 10.0 Å². The molecule has 1 fully saturated rings. The van der Waals surface area contributed by atoms with Crippen LogP contribution in [-0.2, 0) is 17.1 Å². The number of aryl methyl sites for hydroxylation is 1.